The molecule has 3 aromatic rings. The second-order valence-corrected chi connectivity index (χ2v) is 7.05. The van der Waals surface area contributed by atoms with Crippen molar-refractivity contribution < 1.29 is 18.0 Å². The Kier molecular flexibility index (Phi) is 6.10. The number of carbonyl (C=O) groups is 1. The lowest BCUT2D eigenvalue weighted by atomic mass is 10.2. The van der Waals surface area contributed by atoms with Gasteiger partial charge >= 0.3 is 0 Å². The van der Waals surface area contributed by atoms with Gasteiger partial charge in [0.15, 0.2) is 17.5 Å². The van der Waals surface area contributed by atoms with Crippen LogP contribution < -0.4 is 10.9 Å². The molecule has 0 spiro atoms. The normalized spacial score (nSPS) is 11.3. The van der Waals surface area contributed by atoms with Crippen LogP contribution in [0.1, 0.15) is 19.2 Å². The van der Waals surface area contributed by atoms with E-state index >= 15 is 0 Å². The number of fused-ring (bicyclic) bond motifs is 1. The largest absolute Gasteiger partial charge is 0.322 e. The van der Waals surface area contributed by atoms with Crippen LogP contribution in [0.15, 0.2) is 28.4 Å². The summed E-state index contributed by atoms with van der Waals surface area (Å²) in [6, 6.07) is 3.43. The standard InChI is InChI=1S/C18H17F3N4O2S/c1-2-6-25(8-13-22-12-5-7-28-17(12)18(27)24-13)9-14(26)23-11-4-3-10(19)15(20)16(11)21/h3-5,7H,2,6,8-9H2,1H3,(H,23,26)(H,22,24,27). The van der Waals surface area contributed by atoms with Crippen LogP contribution in [0.2, 0.25) is 0 Å². The van der Waals surface area contributed by atoms with Crippen molar-refractivity contribution in [3.8, 4) is 0 Å². The van der Waals surface area contributed by atoms with Gasteiger partial charge in [-0.05, 0) is 36.5 Å². The van der Waals surface area contributed by atoms with Crippen LogP contribution in [0.4, 0.5) is 18.9 Å². The Labute approximate surface area is 162 Å². The van der Waals surface area contributed by atoms with Crippen LogP contribution in [0.5, 0.6) is 0 Å². The molecule has 3 rings (SSSR count). The Balaban J connectivity index is 1.72. The number of nitrogens with zero attached hydrogens (tertiary/aromatic N) is 2. The minimum Gasteiger partial charge on any atom is -0.322 e. The van der Waals surface area contributed by atoms with E-state index in [4.69, 9.17) is 0 Å². The van der Waals surface area contributed by atoms with Gasteiger partial charge in [-0.1, -0.05) is 6.92 Å². The smallest absolute Gasteiger partial charge is 0.268 e. The first kappa shape index (κ1) is 20.0. The van der Waals surface area contributed by atoms with Crippen LogP contribution in [0, 0.1) is 17.5 Å². The molecule has 1 aromatic carbocycles. The third-order valence-electron chi connectivity index (χ3n) is 3.95. The molecule has 28 heavy (non-hydrogen) atoms. The lowest BCUT2D eigenvalue weighted by Gasteiger charge is -2.20. The van der Waals surface area contributed by atoms with E-state index in [1.807, 2.05) is 6.92 Å². The summed E-state index contributed by atoms with van der Waals surface area (Å²) in [5.74, 6) is -4.63. The molecule has 0 aliphatic heterocycles. The summed E-state index contributed by atoms with van der Waals surface area (Å²) in [7, 11) is 0. The third-order valence-corrected chi connectivity index (χ3v) is 4.86. The fourth-order valence-corrected chi connectivity index (χ4v) is 3.48. The highest BCUT2D eigenvalue weighted by molar-refractivity contribution is 7.17. The molecule has 2 N–H and O–H groups in total. The molecular weight excluding hydrogens is 393 g/mol. The van der Waals surface area contributed by atoms with Crippen molar-refractivity contribution in [1.29, 1.82) is 0 Å². The molecule has 2 aromatic heterocycles. The van der Waals surface area contributed by atoms with Gasteiger partial charge in [0.05, 0.1) is 24.3 Å². The molecule has 2 heterocycles. The SMILES string of the molecule is CCCN(CC(=O)Nc1ccc(F)c(F)c1F)Cc1nc2ccsc2c(=O)[nH]1. The molecule has 1 amide bonds. The number of anilines is 1. The molecule has 0 saturated carbocycles. The summed E-state index contributed by atoms with van der Waals surface area (Å²) in [5, 5.41) is 4.01. The summed E-state index contributed by atoms with van der Waals surface area (Å²) in [4.78, 5) is 33.1. The molecule has 0 atom stereocenters. The first-order valence-corrected chi connectivity index (χ1v) is 9.39. The average Bonchev–Trinajstić information content (AvgIpc) is 3.11. The molecule has 0 radical (unpaired) electrons. The monoisotopic (exact) mass is 410 g/mol. The number of carbonyl (C=O) groups excluding carboxylic acids is 1. The number of halogens is 3. The van der Waals surface area contributed by atoms with E-state index in [2.05, 4.69) is 15.3 Å². The molecule has 0 saturated heterocycles. The Morgan fingerprint density at radius 1 is 1.25 bits per heavy atom. The van der Waals surface area contributed by atoms with E-state index in [-0.39, 0.29) is 18.6 Å². The zero-order valence-corrected chi connectivity index (χ0v) is 15.7. The molecule has 148 valence electrons. The molecule has 0 aliphatic carbocycles. The van der Waals surface area contributed by atoms with Gasteiger partial charge in [-0.3, -0.25) is 14.5 Å². The number of hydrogen-bond acceptors (Lipinski definition) is 5. The number of thiophene rings is 1. The minimum atomic E-state index is -1.64. The van der Waals surface area contributed by atoms with Gasteiger partial charge in [-0.15, -0.1) is 11.3 Å². The van der Waals surface area contributed by atoms with E-state index in [0.717, 1.165) is 18.6 Å². The van der Waals surface area contributed by atoms with Gasteiger partial charge in [0.25, 0.3) is 5.56 Å². The molecule has 0 aliphatic rings. The fraction of sp³-hybridized carbons (Fsp3) is 0.278. The number of hydrogen-bond donors (Lipinski definition) is 2. The van der Waals surface area contributed by atoms with E-state index in [1.165, 1.54) is 11.3 Å². The third kappa shape index (κ3) is 4.39. The zero-order valence-electron chi connectivity index (χ0n) is 14.9. The van der Waals surface area contributed by atoms with E-state index in [9.17, 15) is 22.8 Å². The van der Waals surface area contributed by atoms with Crippen molar-refractivity contribution >= 4 is 33.1 Å². The quantitative estimate of drug-likeness (QED) is 0.586. The highest BCUT2D eigenvalue weighted by atomic mass is 32.1. The summed E-state index contributed by atoms with van der Waals surface area (Å²) in [5.41, 5.74) is -0.111. The Morgan fingerprint density at radius 3 is 2.79 bits per heavy atom. The second kappa shape index (κ2) is 8.53. The predicted molar refractivity (Wildman–Crippen MR) is 101 cm³/mol. The first-order chi connectivity index (χ1) is 13.4. The maximum absolute atomic E-state index is 13.7. The van der Waals surface area contributed by atoms with Crippen molar-refractivity contribution in [2.75, 3.05) is 18.4 Å². The molecule has 0 bridgehead atoms. The van der Waals surface area contributed by atoms with Crippen molar-refractivity contribution in [3.05, 3.63) is 57.2 Å². The summed E-state index contributed by atoms with van der Waals surface area (Å²) >= 11 is 1.29. The number of nitrogens with one attached hydrogen (secondary N) is 2. The van der Waals surface area contributed by atoms with Crippen molar-refractivity contribution in [1.82, 2.24) is 14.9 Å². The first-order valence-electron chi connectivity index (χ1n) is 8.51. The summed E-state index contributed by atoms with van der Waals surface area (Å²) in [6.45, 7) is 2.48. The van der Waals surface area contributed by atoms with Crippen molar-refractivity contribution in [3.63, 3.8) is 0 Å². The number of aromatic amines is 1. The van der Waals surface area contributed by atoms with Gasteiger partial charge in [0.1, 0.15) is 10.5 Å². The molecule has 10 heteroatoms. The summed E-state index contributed by atoms with van der Waals surface area (Å²) < 4.78 is 40.5. The van der Waals surface area contributed by atoms with E-state index in [0.29, 0.717) is 22.6 Å². The van der Waals surface area contributed by atoms with Crippen LogP contribution in [-0.4, -0.2) is 33.9 Å². The highest BCUT2D eigenvalue weighted by Crippen LogP contribution is 2.19. The lowest BCUT2D eigenvalue weighted by molar-refractivity contribution is -0.117. The number of amides is 1. The Morgan fingerprint density at radius 2 is 2.04 bits per heavy atom. The van der Waals surface area contributed by atoms with Crippen LogP contribution in [0.3, 0.4) is 0 Å². The summed E-state index contributed by atoms with van der Waals surface area (Å²) in [6.07, 6.45) is 0.720. The molecule has 0 unspecified atom stereocenters. The lowest BCUT2D eigenvalue weighted by Crippen LogP contribution is -2.34. The van der Waals surface area contributed by atoms with E-state index < -0.39 is 29.0 Å². The number of rotatable bonds is 7. The topological polar surface area (TPSA) is 78.1 Å². The van der Waals surface area contributed by atoms with Gasteiger partial charge in [0, 0.05) is 0 Å². The fourth-order valence-electron chi connectivity index (χ4n) is 2.75. The van der Waals surface area contributed by atoms with Gasteiger partial charge in [0.2, 0.25) is 5.91 Å². The Bertz CT molecular complexity index is 1070. The molecule has 6 nitrogen and oxygen atoms in total. The Hall–Kier alpha value is -2.72. The van der Waals surface area contributed by atoms with Crippen LogP contribution in [0.25, 0.3) is 10.2 Å². The van der Waals surface area contributed by atoms with Crippen LogP contribution >= 0.6 is 11.3 Å². The van der Waals surface area contributed by atoms with Crippen molar-refractivity contribution in [2.24, 2.45) is 0 Å². The van der Waals surface area contributed by atoms with Gasteiger partial charge in [-0.25, -0.2) is 18.2 Å². The highest BCUT2D eigenvalue weighted by Gasteiger charge is 2.18. The van der Waals surface area contributed by atoms with Gasteiger partial charge < -0.3 is 10.3 Å². The zero-order chi connectivity index (χ0) is 20.3. The number of benzene rings is 1. The van der Waals surface area contributed by atoms with E-state index in [1.54, 1.807) is 16.3 Å². The molecular formula is C18H17F3N4O2S. The minimum absolute atomic E-state index is 0.141. The average molecular weight is 410 g/mol. The van der Waals surface area contributed by atoms with Crippen LogP contribution in [-0.2, 0) is 11.3 Å². The predicted octanol–water partition coefficient (Wildman–Crippen LogP) is 3.25. The maximum atomic E-state index is 13.7. The number of H-pyrrole nitrogens is 1. The maximum Gasteiger partial charge on any atom is 0.268 e. The second-order valence-electron chi connectivity index (χ2n) is 6.13. The number of aromatic nitrogens is 2. The van der Waals surface area contributed by atoms with Gasteiger partial charge in [-0.2, -0.15) is 0 Å². The van der Waals surface area contributed by atoms with Crippen molar-refractivity contribution in [2.45, 2.75) is 19.9 Å². The molecule has 0 fully saturated rings.